The van der Waals surface area contributed by atoms with Gasteiger partial charge in [0, 0.05) is 34.1 Å². The largest absolute Gasteiger partial charge is 0.461 e. The standard InChI is InChI=1S/C29H30FN5O2S/c1-2-26(36)31-11-12-32-27-22-16-23(30)21(19-6-3-7-25-20(19)8-15-38-25)17-24(22)33-28(34-27)37-18-29-9-4-13-35(29)14-5-10-29/h2-3,6-8,15-17H,1,4-5,9-14,18H2,(H,31,36)(H,32,33,34). The summed E-state index contributed by atoms with van der Waals surface area (Å²) in [5.41, 5.74) is 1.98. The van der Waals surface area contributed by atoms with Crippen LogP contribution in [0.1, 0.15) is 25.7 Å². The van der Waals surface area contributed by atoms with E-state index in [1.54, 1.807) is 17.4 Å². The van der Waals surface area contributed by atoms with Crippen molar-refractivity contribution < 1.29 is 13.9 Å². The van der Waals surface area contributed by atoms with Crippen molar-refractivity contribution in [3.8, 4) is 17.1 Å². The fourth-order valence-corrected chi connectivity index (χ4v) is 6.67. The van der Waals surface area contributed by atoms with E-state index in [4.69, 9.17) is 9.72 Å². The lowest BCUT2D eigenvalue weighted by atomic mass is 9.95. The molecule has 196 valence electrons. The van der Waals surface area contributed by atoms with E-state index in [0.717, 1.165) is 41.6 Å². The molecule has 0 unspecified atom stereocenters. The van der Waals surface area contributed by atoms with Crippen molar-refractivity contribution in [1.29, 1.82) is 0 Å². The molecule has 7 nitrogen and oxygen atoms in total. The summed E-state index contributed by atoms with van der Waals surface area (Å²) in [4.78, 5) is 23.4. The van der Waals surface area contributed by atoms with E-state index >= 15 is 4.39 Å². The summed E-state index contributed by atoms with van der Waals surface area (Å²) in [6.07, 6.45) is 5.83. The number of hydrogen-bond donors (Lipinski definition) is 2. The maximum Gasteiger partial charge on any atom is 0.319 e. The van der Waals surface area contributed by atoms with E-state index in [2.05, 4.69) is 27.1 Å². The number of aromatic nitrogens is 2. The van der Waals surface area contributed by atoms with E-state index in [-0.39, 0.29) is 23.3 Å². The normalized spacial score (nSPS) is 16.6. The predicted octanol–water partition coefficient (Wildman–Crippen LogP) is 5.37. The van der Waals surface area contributed by atoms with Crippen LogP contribution in [0.3, 0.4) is 0 Å². The maximum atomic E-state index is 15.6. The zero-order valence-electron chi connectivity index (χ0n) is 21.1. The highest BCUT2D eigenvalue weighted by Crippen LogP contribution is 2.40. The fourth-order valence-electron chi connectivity index (χ4n) is 5.86. The SMILES string of the molecule is C=CC(=O)NCCNc1nc(OCC23CCCN2CCC3)nc2cc(-c3cccc4sccc34)c(F)cc12. The number of thiophene rings is 1. The van der Waals surface area contributed by atoms with Crippen molar-refractivity contribution in [3.63, 3.8) is 0 Å². The van der Waals surface area contributed by atoms with Gasteiger partial charge >= 0.3 is 6.01 Å². The van der Waals surface area contributed by atoms with Crippen LogP contribution in [0, 0.1) is 5.82 Å². The number of ether oxygens (including phenoxy) is 1. The van der Waals surface area contributed by atoms with Crippen molar-refractivity contribution in [2.75, 3.05) is 38.1 Å². The Kier molecular flexibility index (Phi) is 6.71. The number of benzene rings is 2. The topological polar surface area (TPSA) is 79.4 Å². The first-order valence-electron chi connectivity index (χ1n) is 13.1. The summed E-state index contributed by atoms with van der Waals surface area (Å²) in [6, 6.07) is 11.5. The van der Waals surface area contributed by atoms with Gasteiger partial charge in [-0.05, 0) is 80.1 Å². The van der Waals surface area contributed by atoms with Gasteiger partial charge in [0.1, 0.15) is 18.2 Å². The molecule has 4 heterocycles. The third-order valence-corrected chi connectivity index (χ3v) is 8.62. The van der Waals surface area contributed by atoms with Crippen LogP contribution in [0.2, 0.25) is 0 Å². The number of rotatable bonds is 9. The smallest absolute Gasteiger partial charge is 0.319 e. The minimum atomic E-state index is -0.345. The zero-order chi connectivity index (χ0) is 26.1. The maximum absolute atomic E-state index is 15.6. The molecular weight excluding hydrogens is 501 g/mol. The van der Waals surface area contributed by atoms with Gasteiger partial charge in [0.2, 0.25) is 5.91 Å². The van der Waals surface area contributed by atoms with Gasteiger partial charge in [-0.1, -0.05) is 18.7 Å². The van der Waals surface area contributed by atoms with Gasteiger partial charge in [-0.2, -0.15) is 9.97 Å². The summed E-state index contributed by atoms with van der Waals surface area (Å²) in [5, 5.41) is 9.56. The molecule has 0 saturated carbocycles. The summed E-state index contributed by atoms with van der Waals surface area (Å²) in [7, 11) is 0. The Balaban J connectivity index is 1.36. The molecule has 0 spiro atoms. The van der Waals surface area contributed by atoms with E-state index in [1.807, 2.05) is 29.6 Å². The average molecular weight is 532 g/mol. The molecule has 0 radical (unpaired) electrons. The molecule has 4 aromatic rings. The van der Waals surface area contributed by atoms with Crippen LogP contribution in [0.25, 0.3) is 32.1 Å². The van der Waals surface area contributed by atoms with Gasteiger partial charge in [-0.3, -0.25) is 9.69 Å². The highest BCUT2D eigenvalue weighted by Gasteiger charge is 2.45. The number of carbonyl (C=O) groups is 1. The van der Waals surface area contributed by atoms with E-state index in [9.17, 15) is 4.79 Å². The van der Waals surface area contributed by atoms with Gasteiger partial charge in [0.05, 0.1) is 11.1 Å². The average Bonchev–Trinajstić information content (AvgIpc) is 3.65. The van der Waals surface area contributed by atoms with Gasteiger partial charge < -0.3 is 15.4 Å². The number of nitrogens with one attached hydrogen (secondary N) is 2. The first-order chi connectivity index (χ1) is 18.6. The lowest BCUT2D eigenvalue weighted by Gasteiger charge is -2.31. The molecule has 0 bridgehead atoms. The Bertz CT molecular complexity index is 1510. The second kappa shape index (κ2) is 10.3. The third kappa shape index (κ3) is 4.61. The molecule has 9 heteroatoms. The molecule has 2 fully saturated rings. The van der Waals surface area contributed by atoms with Crippen molar-refractivity contribution >= 4 is 44.1 Å². The summed E-state index contributed by atoms with van der Waals surface area (Å²) in [6.45, 7) is 7.00. The molecule has 2 saturated heterocycles. The number of anilines is 1. The number of nitrogens with zero attached hydrogens (tertiary/aromatic N) is 3. The monoisotopic (exact) mass is 531 g/mol. The highest BCUT2D eigenvalue weighted by molar-refractivity contribution is 7.17. The lowest BCUT2D eigenvalue weighted by molar-refractivity contribution is -0.116. The van der Waals surface area contributed by atoms with Gasteiger partial charge in [0.25, 0.3) is 0 Å². The summed E-state index contributed by atoms with van der Waals surface area (Å²) < 4.78 is 22.9. The van der Waals surface area contributed by atoms with E-state index < -0.39 is 0 Å². The molecule has 0 aliphatic carbocycles. The molecule has 2 N–H and O–H groups in total. The first kappa shape index (κ1) is 24.8. The summed E-state index contributed by atoms with van der Waals surface area (Å²) >= 11 is 1.63. The predicted molar refractivity (Wildman–Crippen MR) is 150 cm³/mol. The molecule has 2 aliphatic heterocycles. The van der Waals surface area contributed by atoms with E-state index in [0.29, 0.717) is 42.0 Å². The minimum absolute atomic E-state index is 0.0590. The van der Waals surface area contributed by atoms with E-state index in [1.165, 1.54) is 25.0 Å². The van der Waals surface area contributed by atoms with Crippen LogP contribution in [-0.4, -0.2) is 59.1 Å². The Morgan fingerprint density at radius 3 is 2.79 bits per heavy atom. The summed E-state index contributed by atoms with van der Waals surface area (Å²) in [5.74, 6) is -0.120. The lowest BCUT2D eigenvalue weighted by Crippen LogP contribution is -2.43. The number of fused-ring (bicyclic) bond motifs is 3. The Morgan fingerprint density at radius 1 is 1.13 bits per heavy atom. The second-order valence-electron chi connectivity index (χ2n) is 9.97. The Morgan fingerprint density at radius 2 is 1.97 bits per heavy atom. The third-order valence-electron chi connectivity index (χ3n) is 7.73. The molecule has 0 atom stereocenters. The first-order valence-corrected chi connectivity index (χ1v) is 13.9. The second-order valence-corrected chi connectivity index (χ2v) is 10.9. The van der Waals surface area contributed by atoms with Crippen LogP contribution >= 0.6 is 11.3 Å². The van der Waals surface area contributed by atoms with Crippen LogP contribution < -0.4 is 15.4 Å². The van der Waals surface area contributed by atoms with Crippen molar-refractivity contribution in [3.05, 3.63) is 60.3 Å². The van der Waals surface area contributed by atoms with Gasteiger partial charge in [-0.15, -0.1) is 11.3 Å². The van der Waals surface area contributed by atoms with Crippen LogP contribution in [0.4, 0.5) is 10.2 Å². The van der Waals surface area contributed by atoms with Crippen molar-refractivity contribution in [2.24, 2.45) is 0 Å². The van der Waals surface area contributed by atoms with Crippen molar-refractivity contribution in [2.45, 2.75) is 31.2 Å². The number of hydrogen-bond acceptors (Lipinski definition) is 7. The molecule has 6 rings (SSSR count). The number of amides is 1. The van der Waals surface area contributed by atoms with Gasteiger partial charge in [-0.25, -0.2) is 4.39 Å². The molecular formula is C29H30FN5O2S. The zero-order valence-corrected chi connectivity index (χ0v) is 22.0. The molecule has 2 aromatic carbocycles. The van der Waals surface area contributed by atoms with Crippen molar-refractivity contribution in [1.82, 2.24) is 20.2 Å². The molecule has 38 heavy (non-hydrogen) atoms. The van der Waals surface area contributed by atoms with Gasteiger partial charge in [0.15, 0.2) is 0 Å². The molecule has 2 aliphatic rings. The Hall–Kier alpha value is -3.56. The van der Waals surface area contributed by atoms with Crippen LogP contribution in [0.15, 0.2) is 54.4 Å². The quantitative estimate of drug-likeness (QED) is 0.223. The molecule has 2 aromatic heterocycles. The Labute approximate surface area is 224 Å². The fraction of sp³-hybridized carbons (Fsp3) is 0.345. The number of halogens is 1. The van der Waals surface area contributed by atoms with Crippen LogP contribution in [0.5, 0.6) is 6.01 Å². The number of carbonyl (C=O) groups excluding carboxylic acids is 1. The van der Waals surface area contributed by atoms with Crippen LogP contribution in [-0.2, 0) is 4.79 Å². The highest BCUT2D eigenvalue weighted by atomic mass is 32.1. The minimum Gasteiger partial charge on any atom is -0.461 e. The molecule has 1 amide bonds.